The first-order valence-corrected chi connectivity index (χ1v) is 7.63. The second-order valence-corrected chi connectivity index (χ2v) is 5.44. The molecule has 23 heavy (non-hydrogen) atoms. The van der Waals surface area contributed by atoms with E-state index in [0.717, 1.165) is 24.1 Å². The number of nitrogens with zero attached hydrogens (tertiary/aromatic N) is 4. The minimum atomic E-state index is -0.296. The zero-order chi connectivity index (χ0) is 16.4. The van der Waals surface area contributed by atoms with Crippen LogP contribution in [0.1, 0.15) is 25.5 Å². The first kappa shape index (κ1) is 15.2. The fourth-order valence-corrected chi connectivity index (χ4v) is 2.55. The van der Waals surface area contributed by atoms with Crippen LogP contribution < -0.4 is 5.73 Å². The summed E-state index contributed by atoms with van der Waals surface area (Å²) in [7, 11) is 0. The second-order valence-electron chi connectivity index (χ2n) is 5.44. The Kier molecular flexibility index (Phi) is 4.10. The molecule has 0 amide bonds. The van der Waals surface area contributed by atoms with Gasteiger partial charge in [-0.05, 0) is 25.5 Å². The number of hydrogen-bond acceptors (Lipinski definition) is 6. The Morgan fingerprint density at radius 2 is 2.17 bits per heavy atom. The third-order valence-electron chi connectivity index (χ3n) is 3.70. The van der Waals surface area contributed by atoms with Crippen LogP contribution in [0.2, 0.25) is 0 Å². The van der Waals surface area contributed by atoms with E-state index in [-0.39, 0.29) is 12.5 Å². The standard InChI is InChI=1S/C16H19N5O2/c1-3-4-7-23-12(22)8-21-11-6-5-10(2)20-14(11)13-15(17)18-9-19-16(13)21/h5-6,9H,3-4,7-8H2,1-2H3,(H2,17,18,19). The number of aryl methyl sites for hydroxylation is 1. The van der Waals surface area contributed by atoms with Crippen molar-refractivity contribution in [1.29, 1.82) is 0 Å². The van der Waals surface area contributed by atoms with Gasteiger partial charge < -0.3 is 15.0 Å². The Hall–Kier alpha value is -2.70. The number of anilines is 1. The molecule has 0 unspecified atom stereocenters. The highest BCUT2D eigenvalue weighted by Gasteiger charge is 2.18. The molecule has 7 heteroatoms. The highest BCUT2D eigenvalue weighted by Crippen LogP contribution is 2.29. The predicted octanol–water partition coefficient (Wildman–Crippen LogP) is 2.21. The molecule has 0 spiro atoms. The lowest BCUT2D eigenvalue weighted by molar-refractivity contribution is -0.144. The van der Waals surface area contributed by atoms with Gasteiger partial charge in [0.2, 0.25) is 0 Å². The highest BCUT2D eigenvalue weighted by molar-refractivity contribution is 6.09. The summed E-state index contributed by atoms with van der Waals surface area (Å²) in [6.45, 7) is 4.46. The third-order valence-corrected chi connectivity index (χ3v) is 3.70. The molecule has 0 atom stereocenters. The molecule has 0 radical (unpaired) electrons. The lowest BCUT2D eigenvalue weighted by Gasteiger charge is -2.07. The Morgan fingerprint density at radius 1 is 1.35 bits per heavy atom. The minimum absolute atomic E-state index is 0.0743. The summed E-state index contributed by atoms with van der Waals surface area (Å²) < 4.78 is 7.03. The van der Waals surface area contributed by atoms with Crippen molar-refractivity contribution in [2.75, 3.05) is 12.3 Å². The van der Waals surface area contributed by atoms with Crippen LogP contribution in [0.5, 0.6) is 0 Å². The van der Waals surface area contributed by atoms with Crippen LogP contribution in [0.4, 0.5) is 5.82 Å². The summed E-state index contributed by atoms with van der Waals surface area (Å²) >= 11 is 0. The van der Waals surface area contributed by atoms with Crippen molar-refractivity contribution in [1.82, 2.24) is 19.5 Å². The van der Waals surface area contributed by atoms with Crippen molar-refractivity contribution in [3.8, 4) is 0 Å². The van der Waals surface area contributed by atoms with E-state index in [9.17, 15) is 4.79 Å². The minimum Gasteiger partial charge on any atom is -0.464 e. The summed E-state index contributed by atoms with van der Waals surface area (Å²) in [5.41, 5.74) is 8.96. The van der Waals surface area contributed by atoms with Crippen molar-refractivity contribution in [3.63, 3.8) is 0 Å². The summed E-state index contributed by atoms with van der Waals surface area (Å²) in [6, 6.07) is 3.81. The van der Waals surface area contributed by atoms with Crippen LogP contribution in [-0.4, -0.2) is 32.1 Å². The van der Waals surface area contributed by atoms with Crippen molar-refractivity contribution >= 4 is 33.9 Å². The Balaban J connectivity index is 2.07. The molecule has 3 rings (SSSR count). The van der Waals surface area contributed by atoms with E-state index in [0.29, 0.717) is 29.0 Å². The quantitative estimate of drug-likeness (QED) is 0.573. The van der Waals surface area contributed by atoms with Gasteiger partial charge in [0.15, 0.2) is 0 Å². The number of nitrogen functional groups attached to an aromatic ring is 1. The van der Waals surface area contributed by atoms with Crippen LogP contribution >= 0.6 is 0 Å². The van der Waals surface area contributed by atoms with Crippen molar-refractivity contribution < 1.29 is 9.53 Å². The van der Waals surface area contributed by atoms with Crippen LogP contribution in [0.15, 0.2) is 18.5 Å². The average molecular weight is 313 g/mol. The van der Waals surface area contributed by atoms with E-state index in [2.05, 4.69) is 21.9 Å². The number of carbonyl (C=O) groups is 1. The number of unbranched alkanes of at least 4 members (excludes halogenated alkanes) is 1. The van der Waals surface area contributed by atoms with Crippen LogP contribution in [-0.2, 0) is 16.1 Å². The van der Waals surface area contributed by atoms with E-state index >= 15 is 0 Å². The molecule has 120 valence electrons. The van der Waals surface area contributed by atoms with Crippen molar-refractivity contribution in [2.24, 2.45) is 0 Å². The highest BCUT2D eigenvalue weighted by atomic mass is 16.5. The number of pyridine rings is 1. The molecule has 7 nitrogen and oxygen atoms in total. The monoisotopic (exact) mass is 313 g/mol. The molecular formula is C16H19N5O2. The summed E-state index contributed by atoms with van der Waals surface area (Å²) in [6.07, 6.45) is 3.23. The van der Waals surface area contributed by atoms with Gasteiger partial charge in [-0.1, -0.05) is 13.3 Å². The molecule has 0 aliphatic carbocycles. The van der Waals surface area contributed by atoms with Gasteiger partial charge in [-0.25, -0.2) is 9.97 Å². The molecule has 0 saturated heterocycles. The summed E-state index contributed by atoms with van der Waals surface area (Å²) in [5.74, 6) is 0.0613. The first-order valence-electron chi connectivity index (χ1n) is 7.63. The molecule has 0 saturated carbocycles. The first-order chi connectivity index (χ1) is 11.1. The molecule has 0 aliphatic rings. The lowest BCUT2D eigenvalue weighted by Crippen LogP contribution is -2.14. The molecule has 3 heterocycles. The van der Waals surface area contributed by atoms with Crippen LogP contribution in [0.3, 0.4) is 0 Å². The maximum absolute atomic E-state index is 12.1. The number of hydrogen-bond donors (Lipinski definition) is 1. The third kappa shape index (κ3) is 2.81. The molecule has 0 fully saturated rings. The molecular weight excluding hydrogens is 294 g/mol. The fraction of sp³-hybridized carbons (Fsp3) is 0.375. The molecule has 0 aromatic carbocycles. The number of nitrogens with two attached hydrogens (primary N) is 1. The van der Waals surface area contributed by atoms with Gasteiger partial charge in [-0.15, -0.1) is 0 Å². The Labute approximate surface area is 133 Å². The van der Waals surface area contributed by atoms with E-state index in [4.69, 9.17) is 10.5 Å². The zero-order valence-electron chi connectivity index (χ0n) is 13.2. The summed E-state index contributed by atoms with van der Waals surface area (Å²) in [5, 5.41) is 0.674. The van der Waals surface area contributed by atoms with E-state index in [1.807, 2.05) is 19.1 Å². The lowest BCUT2D eigenvalue weighted by atomic mass is 10.3. The number of aromatic nitrogens is 4. The number of rotatable bonds is 5. The maximum Gasteiger partial charge on any atom is 0.326 e. The van der Waals surface area contributed by atoms with Gasteiger partial charge in [0, 0.05) is 5.69 Å². The van der Waals surface area contributed by atoms with E-state index in [1.54, 1.807) is 4.57 Å². The fourth-order valence-electron chi connectivity index (χ4n) is 2.55. The van der Waals surface area contributed by atoms with Gasteiger partial charge in [0.05, 0.1) is 17.5 Å². The van der Waals surface area contributed by atoms with E-state index < -0.39 is 0 Å². The number of ether oxygens (including phenoxy) is 1. The number of carbonyl (C=O) groups excluding carboxylic acids is 1. The van der Waals surface area contributed by atoms with Gasteiger partial charge in [-0.2, -0.15) is 0 Å². The van der Waals surface area contributed by atoms with Gasteiger partial charge in [0.1, 0.15) is 29.9 Å². The van der Waals surface area contributed by atoms with Crippen LogP contribution in [0, 0.1) is 6.92 Å². The van der Waals surface area contributed by atoms with Crippen molar-refractivity contribution in [2.45, 2.75) is 33.2 Å². The summed E-state index contributed by atoms with van der Waals surface area (Å²) in [4.78, 5) is 24.9. The predicted molar refractivity (Wildman–Crippen MR) is 87.8 cm³/mol. The van der Waals surface area contributed by atoms with Crippen molar-refractivity contribution in [3.05, 3.63) is 24.2 Å². The molecule has 0 aliphatic heterocycles. The maximum atomic E-state index is 12.1. The SMILES string of the molecule is CCCCOC(=O)Cn1c2ccc(C)nc2c2c(N)ncnc21. The molecule has 3 aromatic rings. The molecule has 3 aromatic heterocycles. The Bertz CT molecular complexity index is 872. The second kappa shape index (κ2) is 6.20. The van der Waals surface area contributed by atoms with Gasteiger partial charge in [0.25, 0.3) is 0 Å². The number of fused-ring (bicyclic) bond motifs is 3. The smallest absolute Gasteiger partial charge is 0.326 e. The Morgan fingerprint density at radius 3 is 2.96 bits per heavy atom. The number of esters is 1. The molecule has 0 bridgehead atoms. The van der Waals surface area contributed by atoms with Crippen LogP contribution in [0.25, 0.3) is 22.1 Å². The normalized spacial score (nSPS) is 11.2. The van der Waals surface area contributed by atoms with Gasteiger partial charge in [-0.3, -0.25) is 9.78 Å². The largest absolute Gasteiger partial charge is 0.464 e. The van der Waals surface area contributed by atoms with Gasteiger partial charge >= 0.3 is 5.97 Å². The zero-order valence-corrected chi connectivity index (χ0v) is 13.2. The molecule has 2 N–H and O–H groups in total. The van der Waals surface area contributed by atoms with E-state index in [1.165, 1.54) is 6.33 Å². The topological polar surface area (TPSA) is 95.9 Å². The average Bonchev–Trinajstić information content (AvgIpc) is 2.82.